The molecule has 5 unspecified atom stereocenters. The minimum Gasteiger partial charge on any atom is -0.387 e. The molecular weight excluding hydrogens is 760 g/mol. The Bertz CT molecular complexity index is 1690. The van der Waals surface area contributed by atoms with E-state index in [1.54, 1.807) is 0 Å². The van der Waals surface area contributed by atoms with Crippen molar-refractivity contribution in [3.63, 3.8) is 0 Å². The summed E-state index contributed by atoms with van der Waals surface area (Å²) in [4.78, 5) is 88.2. The van der Waals surface area contributed by atoms with Gasteiger partial charge in [-0.25, -0.2) is 42.3 Å². The van der Waals surface area contributed by atoms with Crippen molar-refractivity contribution in [2.75, 3.05) is 5.73 Å². The summed E-state index contributed by atoms with van der Waals surface area (Å²) < 4.78 is 97.5. The van der Waals surface area contributed by atoms with Crippen LogP contribution in [0.15, 0.2) is 12.7 Å². The molecule has 45 heavy (non-hydrogen) atoms. The van der Waals surface area contributed by atoms with Gasteiger partial charge in [0.15, 0.2) is 17.7 Å². The van der Waals surface area contributed by atoms with Gasteiger partial charge in [0.2, 0.25) is 6.29 Å². The molecule has 0 spiro atoms. The van der Waals surface area contributed by atoms with Gasteiger partial charge in [-0.1, -0.05) is 0 Å². The number of ether oxygens (including phenoxy) is 1. The van der Waals surface area contributed by atoms with Gasteiger partial charge >= 0.3 is 46.9 Å². The van der Waals surface area contributed by atoms with Crippen molar-refractivity contribution in [1.82, 2.24) is 19.5 Å². The van der Waals surface area contributed by atoms with Crippen LogP contribution < -0.4 is 5.73 Å². The number of aromatic nitrogens is 4. The zero-order valence-electron chi connectivity index (χ0n) is 20.8. The van der Waals surface area contributed by atoms with Crippen LogP contribution in [-0.4, -0.2) is 93.5 Å². The topological polar surface area (TPSA) is 448 Å². The molecule has 2 aromatic heterocycles. The molecule has 0 amide bonds. The number of hydrogen-bond acceptors (Lipinski definition) is 20. The quantitative estimate of drug-likeness (QED) is 0.0402. The Morgan fingerprint density at radius 2 is 1.29 bits per heavy atom. The predicted molar refractivity (Wildman–Crippen MR) is 130 cm³/mol. The Kier molecular flexibility index (Phi) is 11.5. The third kappa shape index (κ3) is 11.0. The van der Waals surface area contributed by atoms with Crippen LogP contribution in [0.5, 0.6) is 0 Å². The first-order valence-electron chi connectivity index (χ1n) is 10.5. The maximum absolute atomic E-state index is 12.4. The summed E-state index contributed by atoms with van der Waals surface area (Å²) in [5.74, 6) is -0.173. The van der Waals surface area contributed by atoms with E-state index in [-0.39, 0.29) is 17.0 Å². The zero-order chi connectivity index (χ0) is 34.4. The van der Waals surface area contributed by atoms with Gasteiger partial charge in [-0.2, -0.15) is 22.1 Å². The number of nitrogens with zero attached hydrogens (tertiary/aromatic N) is 4. The van der Waals surface area contributed by atoms with E-state index in [9.17, 15) is 57.2 Å². The second-order valence-electron chi connectivity index (χ2n) is 7.88. The number of anilines is 1. The molecule has 3 heterocycles. The van der Waals surface area contributed by atoms with E-state index in [4.69, 9.17) is 30.0 Å². The van der Waals surface area contributed by atoms with Crippen LogP contribution in [0.25, 0.3) is 11.2 Å². The minimum absolute atomic E-state index is 0.0695. The lowest BCUT2D eigenvalue weighted by atomic mass is 10.1. The highest BCUT2D eigenvalue weighted by atomic mass is 31.3. The molecule has 1 saturated heterocycles. The van der Waals surface area contributed by atoms with Crippen LogP contribution in [0.2, 0.25) is 0 Å². The number of hydrogen-bond donors (Lipinski definition) is 11. The highest BCUT2D eigenvalue weighted by molar-refractivity contribution is 7.67. The Morgan fingerprint density at radius 3 is 1.82 bits per heavy atom. The standard InChI is InChI=1S/C10H19N5O24P6/c11-7-3-8(13-1-12-7)15(2-14-3)9-5(17)4(16)6(32-9)10(34-42(24,25)38-44(28,29)36-40(18,19)20)33-35-43(26,27)39-45(30,31)37-41(21,22)23/h1-2,4-6,9-10,16-17H,(H,24,25)(H,26,27)(H,28,29)(H,30,31)(H2,11,12,13)(H2,18,19,20)(H2,21,22,23)/t4-,5+,6-,9+,10?/m0/s1. The predicted octanol–water partition coefficient (Wildman–Crippen LogP) is -2.03. The number of nitrogen functional groups attached to an aromatic ring is 1. The molecule has 1 aliphatic rings. The summed E-state index contributed by atoms with van der Waals surface area (Å²) in [5.41, 5.74) is 5.43. The van der Waals surface area contributed by atoms with Crippen molar-refractivity contribution in [3.05, 3.63) is 12.7 Å². The zero-order valence-corrected chi connectivity index (χ0v) is 26.1. The van der Waals surface area contributed by atoms with Gasteiger partial charge < -0.3 is 59.8 Å². The summed E-state index contributed by atoms with van der Waals surface area (Å²) in [6.45, 7) is 0. The van der Waals surface area contributed by atoms with Gasteiger partial charge in [-0.15, -0.1) is 4.67 Å². The van der Waals surface area contributed by atoms with Crippen LogP contribution >= 0.6 is 46.9 Å². The fraction of sp³-hybridized carbons (Fsp3) is 0.500. The normalized spacial score (nSPS) is 27.3. The van der Waals surface area contributed by atoms with Crippen LogP contribution in [0, 0.1) is 0 Å². The Labute approximate surface area is 245 Å². The third-order valence-electron chi connectivity index (χ3n) is 4.51. The molecular formula is C10H19N5O24P6. The highest BCUT2D eigenvalue weighted by Gasteiger charge is 2.53. The van der Waals surface area contributed by atoms with Crippen LogP contribution in [0.3, 0.4) is 0 Å². The van der Waals surface area contributed by atoms with Gasteiger partial charge in [0.25, 0.3) is 0 Å². The molecule has 35 heteroatoms. The largest absolute Gasteiger partial charge is 0.508 e. The van der Waals surface area contributed by atoms with Crippen molar-refractivity contribution in [1.29, 1.82) is 0 Å². The summed E-state index contributed by atoms with van der Waals surface area (Å²) in [7, 11) is -36.7. The van der Waals surface area contributed by atoms with E-state index < -0.39 is 77.8 Å². The van der Waals surface area contributed by atoms with Gasteiger partial charge in [-0.3, -0.25) is 9.09 Å². The lowest BCUT2D eigenvalue weighted by Gasteiger charge is -2.26. The molecule has 0 aliphatic carbocycles. The fourth-order valence-corrected chi connectivity index (χ4v) is 9.04. The molecule has 29 nitrogen and oxygen atoms in total. The lowest BCUT2D eigenvalue weighted by Crippen LogP contribution is -2.41. The molecule has 1 aliphatic heterocycles. The van der Waals surface area contributed by atoms with E-state index in [1.165, 1.54) is 0 Å². The minimum atomic E-state index is -6.29. The Morgan fingerprint density at radius 1 is 0.756 bits per heavy atom. The van der Waals surface area contributed by atoms with Crippen LogP contribution in [-0.2, 0) is 63.5 Å². The SMILES string of the molecule is Nc1ncnc2c1ncn2[C@@H]1O[C@H](C(OOP(=O)(O)OP(=O)(O)OP(=O)(O)O)OP(=O)(O)OP(=O)(O)OP(=O)(O)O)[C@@H](O)[C@H]1O. The maximum atomic E-state index is 12.4. The van der Waals surface area contributed by atoms with Crippen molar-refractivity contribution in [2.24, 2.45) is 0 Å². The number of aliphatic hydroxyl groups excluding tert-OH is 2. The highest BCUT2D eigenvalue weighted by Crippen LogP contribution is 2.68. The summed E-state index contributed by atoms with van der Waals surface area (Å²) >= 11 is 0. The monoisotopic (exact) mass is 779 g/mol. The molecule has 0 saturated carbocycles. The average Bonchev–Trinajstić information content (AvgIpc) is 3.34. The number of imidazole rings is 1. The van der Waals surface area contributed by atoms with E-state index in [1.807, 2.05) is 0 Å². The van der Waals surface area contributed by atoms with E-state index in [2.05, 4.69) is 46.3 Å². The second-order valence-corrected chi connectivity index (χ2v) is 16.6. The number of fused-ring (bicyclic) bond motifs is 1. The molecule has 0 bridgehead atoms. The third-order valence-corrected chi connectivity index (χ3v) is 11.9. The second kappa shape index (κ2) is 13.5. The molecule has 3 rings (SSSR count). The maximum Gasteiger partial charge on any atom is 0.508 e. The van der Waals surface area contributed by atoms with Crippen molar-refractivity contribution in [3.8, 4) is 0 Å². The van der Waals surface area contributed by atoms with Crippen LogP contribution in [0.4, 0.5) is 5.82 Å². The first-order valence-corrected chi connectivity index (χ1v) is 19.5. The Hall–Kier alpha value is -0.990. The van der Waals surface area contributed by atoms with E-state index in [0.717, 1.165) is 17.2 Å². The van der Waals surface area contributed by atoms with Gasteiger partial charge in [0.1, 0.15) is 30.2 Å². The van der Waals surface area contributed by atoms with E-state index in [0.29, 0.717) is 0 Å². The number of nitrogens with two attached hydrogens (primary N) is 1. The first kappa shape index (κ1) is 38.5. The van der Waals surface area contributed by atoms with Crippen molar-refractivity contribution >= 4 is 63.9 Å². The fourth-order valence-electron chi connectivity index (χ4n) is 3.15. The summed E-state index contributed by atoms with van der Waals surface area (Å²) in [5, 5.41) is 21.2. The molecule has 0 aromatic carbocycles. The van der Waals surface area contributed by atoms with E-state index >= 15 is 0 Å². The van der Waals surface area contributed by atoms with Gasteiger partial charge in [0, 0.05) is 0 Å². The first-order chi connectivity index (χ1) is 20.2. The number of phosphoric acid groups is 6. The Balaban J connectivity index is 1.92. The molecule has 2 aromatic rings. The molecule has 258 valence electrons. The molecule has 0 radical (unpaired) electrons. The van der Waals surface area contributed by atoms with Crippen molar-refractivity contribution in [2.45, 2.75) is 30.8 Å². The average molecular weight is 779 g/mol. The molecule has 9 atom stereocenters. The lowest BCUT2D eigenvalue weighted by molar-refractivity contribution is -0.338. The number of phosphoric ester groups is 1. The van der Waals surface area contributed by atoms with Crippen LogP contribution in [0.1, 0.15) is 6.23 Å². The summed E-state index contributed by atoms with van der Waals surface area (Å²) in [6, 6.07) is 0. The van der Waals surface area contributed by atoms with Gasteiger partial charge in [0.05, 0.1) is 6.33 Å². The number of rotatable bonds is 15. The molecule has 1 fully saturated rings. The van der Waals surface area contributed by atoms with Crippen molar-refractivity contribution < 1.29 is 113 Å². The summed E-state index contributed by atoms with van der Waals surface area (Å²) in [6.07, 6.45) is -9.98. The van der Waals surface area contributed by atoms with Gasteiger partial charge in [-0.05, 0) is 0 Å². The smallest absolute Gasteiger partial charge is 0.387 e. The molecule has 12 N–H and O–H groups in total. The number of aliphatic hydroxyl groups is 2.